The summed E-state index contributed by atoms with van der Waals surface area (Å²) in [4.78, 5) is 27.3. The average molecular weight is 483 g/mol. The summed E-state index contributed by atoms with van der Waals surface area (Å²) < 4.78 is 7.34. The van der Waals surface area contributed by atoms with Crippen LogP contribution in [0.5, 0.6) is 5.75 Å². The number of ether oxygens (including phenoxy) is 1. The highest BCUT2D eigenvalue weighted by molar-refractivity contribution is 7.10. The van der Waals surface area contributed by atoms with Crippen LogP contribution in [0.15, 0.2) is 52.9 Å². The molecule has 33 heavy (non-hydrogen) atoms. The predicted molar refractivity (Wildman–Crippen MR) is 129 cm³/mol. The first-order chi connectivity index (χ1) is 15.6. The smallest absolute Gasteiger partial charge is 0.277 e. The third-order valence-electron chi connectivity index (χ3n) is 4.95. The Kier molecular flexibility index (Phi) is 6.34. The molecule has 170 valence electrons. The maximum atomic E-state index is 13.1. The van der Waals surface area contributed by atoms with Crippen LogP contribution < -0.4 is 10.3 Å². The Hall–Kier alpha value is -3.07. The van der Waals surface area contributed by atoms with Crippen LogP contribution >= 0.6 is 22.9 Å². The van der Waals surface area contributed by atoms with E-state index in [-0.39, 0.29) is 16.4 Å². The van der Waals surface area contributed by atoms with E-state index >= 15 is 0 Å². The molecule has 4 heterocycles. The molecule has 0 radical (unpaired) electrons. The molecule has 0 aliphatic heterocycles. The number of aromatic nitrogens is 4. The Morgan fingerprint density at radius 1 is 1.12 bits per heavy atom. The van der Waals surface area contributed by atoms with Crippen LogP contribution in [0.25, 0.3) is 17.1 Å². The molecule has 0 spiro atoms. The number of rotatable bonds is 6. The molecule has 0 aliphatic rings. The molecule has 9 heteroatoms. The molecular weight excluding hydrogens is 460 g/mol. The molecule has 0 aliphatic carbocycles. The number of aliphatic hydroxyl groups is 1. The largest absolute Gasteiger partial charge is 0.487 e. The summed E-state index contributed by atoms with van der Waals surface area (Å²) in [6.07, 6.45) is 3.17. The van der Waals surface area contributed by atoms with Crippen LogP contribution in [-0.2, 0) is 12.2 Å². The molecule has 0 fully saturated rings. The zero-order valence-corrected chi connectivity index (χ0v) is 20.2. The van der Waals surface area contributed by atoms with E-state index in [9.17, 15) is 9.90 Å². The zero-order valence-electron chi connectivity index (χ0n) is 18.7. The number of hydrogen-bond acceptors (Lipinski definition) is 7. The molecule has 7 nitrogen and oxygen atoms in total. The number of thiophene rings is 1. The second kappa shape index (κ2) is 9.05. The summed E-state index contributed by atoms with van der Waals surface area (Å²) in [6.45, 7) is 7.41. The van der Waals surface area contributed by atoms with Crippen molar-refractivity contribution in [1.82, 2.24) is 19.5 Å². The van der Waals surface area contributed by atoms with Crippen molar-refractivity contribution in [3.8, 4) is 22.8 Å². The van der Waals surface area contributed by atoms with E-state index in [0.29, 0.717) is 35.1 Å². The van der Waals surface area contributed by atoms with Crippen molar-refractivity contribution in [2.24, 2.45) is 0 Å². The lowest BCUT2D eigenvalue weighted by Gasteiger charge is -2.16. The highest BCUT2D eigenvalue weighted by Crippen LogP contribution is 2.26. The molecule has 0 aromatic carbocycles. The van der Waals surface area contributed by atoms with E-state index in [1.54, 1.807) is 61.8 Å². The minimum Gasteiger partial charge on any atom is -0.487 e. The van der Waals surface area contributed by atoms with Crippen molar-refractivity contribution in [3.63, 3.8) is 0 Å². The number of hydrogen-bond donors (Lipinski definition) is 1. The summed E-state index contributed by atoms with van der Waals surface area (Å²) in [7, 11) is 0. The maximum absolute atomic E-state index is 13.1. The Labute approximate surface area is 200 Å². The monoisotopic (exact) mass is 482 g/mol. The second-order valence-corrected chi connectivity index (χ2v) is 9.68. The van der Waals surface area contributed by atoms with Crippen LogP contribution in [-0.4, -0.2) is 24.6 Å². The molecule has 4 aromatic heterocycles. The Morgan fingerprint density at radius 3 is 2.58 bits per heavy atom. The van der Waals surface area contributed by atoms with E-state index in [1.165, 1.54) is 9.44 Å². The fourth-order valence-electron chi connectivity index (χ4n) is 3.34. The molecule has 0 unspecified atom stereocenters. The van der Waals surface area contributed by atoms with Crippen molar-refractivity contribution < 1.29 is 9.84 Å². The first kappa shape index (κ1) is 23.1. The van der Waals surface area contributed by atoms with Crippen LogP contribution in [0.3, 0.4) is 0 Å². The van der Waals surface area contributed by atoms with Crippen molar-refractivity contribution in [2.75, 3.05) is 0 Å². The van der Waals surface area contributed by atoms with E-state index in [4.69, 9.17) is 16.3 Å². The molecule has 0 amide bonds. The van der Waals surface area contributed by atoms with Gasteiger partial charge in [0.05, 0.1) is 17.1 Å². The lowest BCUT2D eigenvalue weighted by atomic mass is 10.1. The Balaban J connectivity index is 1.69. The maximum Gasteiger partial charge on any atom is 0.277 e. The van der Waals surface area contributed by atoms with Gasteiger partial charge in [-0.1, -0.05) is 11.6 Å². The fourth-order valence-corrected chi connectivity index (χ4v) is 4.22. The zero-order chi connectivity index (χ0) is 23.8. The number of pyridine rings is 2. The fraction of sp³-hybridized carbons (Fsp3) is 0.250. The van der Waals surface area contributed by atoms with Gasteiger partial charge in [0, 0.05) is 34.6 Å². The van der Waals surface area contributed by atoms with E-state index in [0.717, 1.165) is 5.56 Å². The van der Waals surface area contributed by atoms with Gasteiger partial charge in [-0.3, -0.25) is 14.3 Å². The molecule has 0 saturated carbocycles. The number of nitrogens with zero attached hydrogens (tertiary/aromatic N) is 4. The molecule has 0 atom stereocenters. The summed E-state index contributed by atoms with van der Waals surface area (Å²) in [5.41, 5.74) is 1.79. The van der Waals surface area contributed by atoms with Crippen molar-refractivity contribution in [3.05, 3.63) is 85.4 Å². The normalized spacial score (nSPS) is 11.6. The Morgan fingerprint density at radius 2 is 1.88 bits per heavy atom. The molecular formula is C24H23ClN4O3S. The van der Waals surface area contributed by atoms with Crippen LogP contribution in [0.4, 0.5) is 0 Å². The summed E-state index contributed by atoms with van der Waals surface area (Å²) in [5.74, 6) is 0.630. The number of aryl methyl sites for hydroxylation is 2. The van der Waals surface area contributed by atoms with Gasteiger partial charge in [0.15, 0.2) is 5.82 Å². The van der Waals surface area contributed by atoms with Crippen LogP contribution in [0.1, 0.15) is 35.8 Å². The highest BCUT2D eigenvalue weighted by Gasteiger charge is 2.21. The third-order valence-corrected chi connectivity index (χ3v) is 6.20. The van der Waals surface area contributed by atoms with Crippen LogP contribution in [0, 0.1) is 13.8 Å². The van der Waals surface area contributed by atoms with Gasteiger partial charge in [0.1, 0.15) is 23.0 Å². The predicted octanol–water partition coefficient (Wildman–Crippen LogP) is 4.83. The second-order valence-electron chi connectivity index (χ2n) is 8.18. The molecule has 4 rings (SSSR count). The lowest BCUT2D eigenvalue weighted by Crippen LogP contribution is -2.22. The first-order valence-electron chi connectivity index (χ1n) is 10.2. The SMILES string of the molecule is Cc1cc(COc2cc(C)n(-c3ccnc(-c4ccnc(C(C)(C)O)n4)c3)c(=O)c2Cl)cs1. The highest BCUT2D eigenvalue weighted by atomic mass is 35.5. The number of halogens is 1. The third kappa shape index (κ3) is 4.98. The molecule has 4 aromatic rings. The van der Waals surface area contributed by atoms with Gasteiger partial charge in [-0.05, 0) is 57.3 Å². The Bertz CT molecular complexity index is 1370. The van der Waals surface area contributed by atoms with Gasteiger partial charge in [-0.15, -0.1) is 11.3 Å². The topological polar surface area (TPSA) is 90.1 Å². The summed E-state index contributed by atoms with van der Waals surface area (Å²) in [5, 5.41) is 12.3. The molecule has 0 saturated heterocycles. The molecule has 1 N–H and O–H groups in total. The van der Waals surface area contributed by atoms with Gasteiger partial charge in [-0.2, -0.15) is 0 Å². The average Bonchev–Trinajstić information content (AvgIpc) is 3.20. The first-order valence-corrected chi connectivity index (χ1v) is 11.5. The van der Waals surface area contributed by atoms with E-state index < -0.39 is 5.60 Å². The van der Waals surface area contributed by atoms with Crippen molar-refractivity contribution in [1.29, 1.82) is 0 Å². The molecule has 0 bridgehead atoms. The van der Waals surface area contributed by atoms with E-state index in [1.807, 2.05) is 25.3 Å². The minimum atomic E-state index is -1.19. The van der Waals surface area contributed by atoms with Gasteiger partial charge in [-0.25, -0.2) is 9.97 Å². The van der Waals surface area contributed by atoms with Crippen LogP contribution in [0.2, 0.25) is 5.02 Å². The summed E-state index contributed by atoms with van der Waals surface area (Å²) >= 11 is 8.04. The lowest BCUT2D eigenvalue weighted by molar-refractivity contribution is 0.0688. The summed E-state index contributed by atoms with van der Waals surface area (Å²) in [6, 6.07) is 8.96. The van der Waals surface area contributed by atoms with Gasteiger partial charge in [0.25, 0.3) is 5.56 Å². The van der Waals surface area contributed by atoms with Gasteiger partial charge in [0.2, 0.25) is 0 Å². The van der Waals surface area contributed by atoms with Gasteiger partial charge < -0.3 is 9.84 Å². The van der Waals surface area contributed by atoms with Gasteiger partial charge >= 0.3 is 0 Å². The standard InChI is InChI=1S/C24H23ClN4O3S/c1-14-9-20(32-12-16-10-15(2)33-13-16)21(25)22(30)29(14)17-5-7-26-19(11-17)18-6-8-27-23(28-18)24(3,4)31/h5-11,13,31H,12H2,1-4H3. The van der Waals surface area contributed by atoms with Crippen molar-refractivity contribution in [2.45, 2.75) is 39.9 Å². The quantitative estimate of drug-likeness (QED) is 0.423. The minimum absolute atomic E-state index is 0.0114. The van der Waals surface area contributed by atoms with E-state index in [2.05, 4.69) is 15.0 Å². The van der Waals surface area contributed by atoms with Crippen molar-refractivity contribution >= 4 is 22.9 Å².